The van der Waals surface area contributed by atoms with Crippen molar-refractivity contribution in [1.82, 2.24) is 9.21 Å². The Balaban J connectivity index is 1.82. The zero-order valence-electron chi connectivity index (χ0n) is 12.9. The number of ether oxygens (including phenoxy) is 1. The van der Waals surface area contributed by atoms with Crippen LogP contribution >= 0.6 is 0 Å². The Morgan fingerprint density at radius 3 is 2.36 bits per heavy atom. The second-order valence-corrected chi connectivity index (χ2v) is 7.78. The van der Waals surface area contributed by atoms with Gasteiger partial charge in [-0.05, 0) is 31.9 Å². The average Bonchev–Trinajstić information content (AvgIpc) is 3.34. The van der Waals surface area contributed by atoms with E-state index in [-0.39, 0.29) is 16.2 Å². The minimum absolute atomic E-state index is 0.0330. The topological polar surface area (TPSA) is 49.9 Å². The van der Waals surface area contributed by atoms with Gasteiger partial charge in [0, 0.05) is 37.8 Å². The van der Waals surface area contributed by atoms with Gasteiger partial charge in [0.05, 0.1) is 12.0 Å². The van der Waals surface area contributed by atoms with Gasteiger partial charge in [0.15, 0.2) is 11.6 Å². The number of benzene rings is 1. The molecular weight excluding hydrogens is 307 g/mol. The molecule has 5 nitrogen and oxygen atoms in total. The van der Waals surface area contributed by atoms with Crippen molar-refractivity contribution in [1.29, 1.82) is 0 Å². The molecule has 0 bridgehead atoms. The van der Waals surface area contributed by atoms with E-state index >= 15 is 0 Å². The van der Waals surface area contributed by atoms with Crippen molar-refractivity contribution in [3.8, 4) is 5.75 Å². The lowest BCUT2D eigenvalue weighted by atomic mass is 10.2. The first-order valence-corrected chi connectivity index (χ1v) is 8.96. The summed E-state index contributed by atoms with van der Waals surface area (Å²) in [5, 5.41) is 0. The van der Waals surface area contributed by atoms with Crippen LogP contribution in [0.25, 0.3) is 0 Å². The Labute approximate surface area is 130 Å². The van der Waals surface area contributed by atoms with E-state index in [2.05, 4.69) is 4.90 Å². The summed E-state index contributed by atoms with van der Waals surface area (Å²) in [6.45, 7) is 3.91. The van der Waals surface area contributed by atoms with Crippen LogP contribution in [0.3, 0.4) is 0 Å². The fraction of sp³-hybridized carbons (Fsp3) is 0.600. The number of rotatable bonds is 4. The molecule has 1 aromatic rings. The highest BCUT2D eigenvalue weighted by atomic mass is 32.2. The summed E-state index contributed by atoms with van der Waals surface area (Å²) in [6, 6.07) is 3.44. The van der Waals surface area contributed by atoms with Crippen LogP contribution < -0.4 is 4.74 Å². The van der Waals surface area contributed by atoms with Crippen molar-refractivity contribution in [3.63, 3.8) is 0 Å². The normalized spacial score (nSPS) is 21.0. The van der Waals surface area contributed by atoms with E-state index in [4.69, 9.17) is 4.74 Å². The predicted octanol–water partition coefficient (Wildman–Crippen LogP) is 1.61. The Morgan fingerprint density at radius 1 is 1.18 bits per heavy atom. The molecule has 0 radical (unpaired) electrons. The first kappa shape index (κ1) is 15.7. The summed E-state index contributed by atoms with van der Waals surface area (Å²) in [7, 11) is -2.29. The molecule has 1 heterocycles. The van der Waals surface area contributed by atoms with Crippen LogP contribution in [0.5, 0.6) is 5.75 Å². The first-order chi connectivity index (χ1) is 10.4. The Morgan fingerprint density at radius 2 is 1.82 bits per heavy atom. The first-order valence-electron chi connectivity index (χ1n) is 7.52. The van der Waals surface area contributed by atoms with Gasteiger partial charge >= 0.3 is 0 Å². The maximum Gasteiger partial charge on any atom is 0.243 e. The highest BCUT2D eigenvalue weighted by Gasteiger charge is 2.35. The van der Waals surface area contributed by atoms with Gasteiger partial charge in [0.2, 0.25) is 10.0 Å². The third kappa shape index (κ3) is 2.73. The number of hydrogen-bond donors (Lipinski definition) is 0. The summed E-state index contributed by atoms with van der Waals surface area (Å²) in [4.78, 5) is 2.37. The predicted molar refractivity (Wildman–Crippen MR) is 81.0 cm³/mol. The molecule has 0 N–H and O–H groups in total. The molecule has 122 valence electrons. The number of nitrogens with zero attached hydrogens (tertiary/aromatic N) is 2. The monoisotopic (exact) mass is 328 g/mol. The Hall–Kier alpha value is -1.18. The van der Waals surface area contributed by atoms with Gasteiger partial charge in [-0.15, -0.1) is 0 Å². The lowest BCUT2D eigenvalue weighted by Gasteiger charge is -2.34. The van der Waals surface area contributed by atoms with Crippen LogP contribution in [0.1, 0.15) is 18.4 Å². The molecule has 1 aliphatic carbocycles. The second-order valence-electron chi connectivity index (χ2n) is 5.88. The third-order valence-electron chi connectivity index (χ3n) is 4.48. The minimum Gasteiger partial charge on any atom is -0.494 e. The SMILES string of the molecule is COc1ccc(S(=O)(=O)N2CCN(C3CC3)CC2)c(C)c1F. The van der Waals surface area contributed by atoms with E-state index in [1.165, 1.54) is 43.3 Å². The van der Waals surface area contributed by atoms with Gasteiger partial charge in [-0.25, -0.2) is 12.8 Å². The molecule has 1 aliphatic heterocycles. The molecule has 3 rings (SSSR count). The lowest BCUT2D eigenvalue weighted by Crippen LogP contribution is -2.49. The van der Waals surface area contributed by atoms with Crippen LogP contribution in [-0.4, -0.2) is 57.0 Å². The third-order valence-corrected chi connectivity index (χ3v) is 6.52. The number of piperazine rings is 1. The molecule has 0 spiro atoms. The van der Waals surface area contributed by atoms with E-state index in [1.807, 2.05) is 0 Å². The summed E-state index contributed by atoms with van der Waals surface area (Å²) in [6.07, 6.45) is 2.44. The van der Waals surface area contributed by atoms with Crippen molar-refractivity contribution in [3.05, 3.63) is 23.5 Å². The van der Waals surface area contributed by atoms with E-state index in [1.54, 1.807) is 0 Å². The Bertz CT molecular complexity index is 666. The average molecular weight is 328 g/mol. The van der Waals surface area contributed by atoms with Crippen molar-refractivity contribution in [2.75, 3.05) is 33.3 Å². The molecule has 7 heteroatoms. The zero-order chi connectivity index (χ0) is 15.9. The smallest absolute Gasteiger partial charge is 0.243 e. The minimum atomic E-state index is -3.66. The molecule has 0 amide bonds. The number of halogens is 1. The number of methoxy groups -OCH3 is 1. The quantitative estimate of drug-likeness (QED) is 0.843. The summed E-state index contributed by atoms with van der Waals surface area (Å²) < 4.78 is 46.0. The maximum atomic E-state index is 14.1. The maximum absolute atomic E-state index is 14.1. The van der Waals surface area contributed by atoms with Gasteiger partial charge in [-0.1, -0.05) is 0 Å². The van der Waals surface area contributed by atoms with E-state index in [0.29, 0.717) is 19.1 Å². The van der Waals surface area contributed by atoms with Crippen molar-refractivity contribution in [2.24, 2.45) is 0 Å². The molecule has 1 saturated heterocycles. The van der Waals surface area contributed by atoms with Crippen LogP contribution in [-0.2, 0) is 10.0 Å². The summed E-state index contributed by atoms with van der Waals surface area (Å²) in [5.41, 5.74) is 0.115. The lowest BCUT2D eigenvalue weighted by molar-refractivity contribution is 0.180. The molecular formula is C15H21FN2O3S. The van der Waals surface area contributed by atoms with Crippen molar-refractivity contribution < 1.29 is 17.5 Å². The second kappa shape index (κ2) is 5.79. The zero-order valence-corrected chi connectivity index (χ0v) is 13.7. The van der Waals surface area contributed by atoms with Crippen LogP contribution in [0.4, 0.5) is 4.39 Å². The van der Waals surface area contributed by atoms with Gasteiger partial charge in [0.1, 0.15) is 0 Å². The summed E-state index contributed by atoms with van der Waals surface area (Å²) >= 11 is 0. The highest BCUT2D eigenvalue weighted by Crippen LogP contribution is 2.31. The van der Waals surface area contributed by atoms with E-state index < -0.39 is 15.8 Å². The fourth-order valence-corrected chi connectivity index (χ4v) is 4.61. The van der Waals surface area contributed by atoms with Crippen LogP contribution in [0.15, 0.2) is 17.0 Å². The van der Waals surface area contributed by atoms with Gasteiger partial charge in [-0.3, -0.25) is 4.90 Å². The fourth-order valence-electron chi connectivity index (χ4n) is 2.97. The van der Waals surface area contributed by atoms with Crippen molar-refractivity contribution in [2.45, 2.75) is 30.7 Å². The molecule has 2 aliphatic rings. The van der Waals surface area contributed by atoms with Gasteiger partial charge < -0.3 is 4.74 Å². The van der Waals surface area contributed by atoms with E-state index in [9.17, 15) is 12.8 Å². The van der Waals surface area contributed by atoms with Crippen LogP contribution in [0.2, 0.25) is 0 Å². The molecule has 1 saturated carbocycles. The molecule has 1 aromatic carbocycles. The molecule has 0 atom stereocenters. The molecule has 0 unspecified atom stereocenters. The highest BCUT2D eigenvalue weighted by molar-refractivity contribution is 7.89. The largest absolute Gasteiger partial charge is 0.494 e. The van der Waals surface area contributed by atoms with E-state index in [0.717, 1.165) is 13.1 Å². The Kier molecular flexibility index (Phi) is 4.13. The standard InChI is InChI=1S/C15H21FN2O3S/c1-11-14(6-5-13(21-2)15(11)16)22(19,20)18-9-7-17(8-10-18)12-3-4-12/h5-6,12H,3-4,7-10H2,1-2H3. The number of hydrogen-bond acceptors (Lipinski definition) is 4. The van der Waals surface area contributed by atoms with Gasteiger partial charge in [0.25, 0.3) is 0 Å². The van der Waals surface area contributed by atoms with Crippen molar-refractivity contribution >= 4 is 10.0 Å². The summed E-state index contributed by atoms with van der Waals surface area (Å²) in [5.74, 6) is -0.546. The van der Waals surface area contributed by atoms with Gasteiger partial charge in [-0.2, -0.15) is 4.31 Å². The van der Waals surface area contributed by atoms with Crippen LogP contribution in [0, 0.1) is 12.7 Å². The molecule has 22 heavy (non-hydrogen) atoms. The molecule has 2 fully saturated rings. The number of sulfonamides is 1. The molecule has 0 aromatic heterocycles.